The summed E-state index contributed by atoms with van der Waals surface area (Å²) in [4.78, 5) is 25.2. The molecule has 0 radical (unpaired) electrons. The Bertz CT molecular complexity index is 540. The average molecular weight is 274 g/mol. The van der Waals surface area contributed by atoms with Crippen LogP contribution in [0.4, 0.5) is 4.79 Å². The maximum absolute atomic E-state index is 12.3. The lowest BCUT2D eigenvalue weighted by Crippen LogP contribution is -2.55. The van der Waals surface area contributed by atoms with Gasteiger partial charge in [-0.1, -0.05) is 24.3 Å². The first-order valence-corrected chi connectivity index (χ1v) is 7.02. The molecule has 1 saturated carbocycles. The second kappa shape index (κ2) is 5.15. The monoisotopic (exact) mass is 274 g/mol. The number of hydrogen-bond acceptors (Lipinski definition) is 2. The highest BCUT2D eigenvalue weighted by molar-refractivity contribution is 5.83. The molecular weight excluding hydrogens is 256 g/mol. The largest absolute Gasteiger partial charge is 0.480 e. The Kier molecular flexibility index (Phi) is 3.34. The third-order valence-corrected chi connectivity index (χ3v) is 4.23. The zero-order valence-electron chi connectivity index (χ0n) is 11.2. The number of fused-ring (bicyclic) bond motifs is 1. The number of carbonyl (C=O) groups excluding carboxylic acids is 1. The molecule has 1 aliphatic heterocycles. The van der Waals surface area contributed by atoms with E-state index in [2.05, 4.69) is 5.32 Å². The van der Waals surface area contributed by atoms with Gasteiger partial charge in [-0.3, -0.25) is 0 Å². The number of amides is 2. The van der Waals surface area contributed by atoms with Gasteiger partial charge in [-0.15, -0.1) is 0 Å². The van der Waals surface area contributed by atoms with Crippen LogP contribution in [0.3, 0.4) is 0 Å². The molecule has 1 aromatic rings. The van der Waals surface area contributed by atoms with E-state index >= 15 is 0 Å². The van der Waals surface area contributed by atoms with Crippen LogP contribution in [0.15, 0.2) is 24.3 Å². The summed E-state index contributed by atoms with van der Waals surface area (Å²) in [6, 6.07) is 6.91. The van der Waals surface area contributed by atoms with Gasteiger partial charge in [-0.05, 0) is 30.4 Å². The summed E-state index contributed by atoms with van der Waals surface area (Å²) in [5.41, 5.74) is 2.06. The van der Waals surface area contributed by atoms with Crippen molar-refractivity contribution in [2.45, 2.75) is 44.3 Å². The first kappa shape index (κ1) is 13.0. The first-order valence-electron chi connectivity index (χ1n) is 7.02. The van der Waals surface area contributed by atoms with Gasteiger partial charge < -0.3 is 15.3 Å². The predicted molar refractivity (Wildman–Crippen MR) is 73.3 cm³/mol. The van der Waals surface area contributed by atoms with E-state index in [1.165, 1.54) is 4.90 Å². The fourth-order valence-electron chi connectivity index (χ4n) is 2.77. The van der Waals surface area contributed by atoms with Crippen LogP contribution in [0, 0.1) is 0 Å². The van der Waals surface area contributed by atoms with Crippen molar-refractivity contribution in [1.29, 1.82) is 0 Å². The quantitative estimate of drug-likeness (QED) is 0.863. The van der Waals surface area contributed by atoms with Crippen LogP contribution in [-0.4, -0.2) is 34.1 Å². The van der Waals surface area contributed by atoms with E-state index in [-0.39, 0.29) is 12.1 Å². The molecule has 3 rings (SSSR count). The lowest BCUT2D eigenvalue weighted by molar-refractivity contribution is -0.142. The Hall–Kier alpha value is -2.04. The Morgan fingerprint density at radius 1 is 1.20 bits per heavy atom. The summed E-state index contributed by atoms with van der Waals surface area (Å²) < 4.78 is 0. The summed E-state index contributed by atoms with van der Waals surface area (Å²) in [5.74, 6) is -0.941. The van der Waals surface area contributed by atoms with Crippen molar-refractivity contribution in [2.24, 2.45) is 0 Å². The molecule has 106 valence electrons. The molecule has 2 amide bonds. The summed E-state index contributed by atoms with van der Waals surface area (Å²) in [6.45, 7) is 0.367. The standard InChI is InChI=1S/C15H18N2O3/c18-14(19)13-8-10-4-1-2-5-11(10)9-17(13)15(20)16-12-6-3-7-12/h1-2,4-5,12-13H,3,6-9H2,(H,16,20)(H,18,19)/t13-/m1/s1. The van der Waals surface area contributed by atoms with E-state index in [0.29, 0.717) is 13.0 Å². The fourth-order valence-corrected chi connectivity index (χ4v) is 2.77. The van der Waals surface area contributed by atoms with Gasteiger partial charge in [0.25, 0.3) is 0 Å². The molecule has 5 heteroatoms. The Morgan fingerprint density at radius 3 is 2.50 bits per heavy atom. The number of carbonyl (C=O) groups is 2. The molecule has 1 heterocycles. The van der Waals surface area contributed by atoms with E-state index in [1.54, 1.807) is 0 Å². The number of rotatable bonds is 2. The SMILES string of the molecule is O=C(O)[C@H]1Cc2ccccc2CN1C(=O)NC1CCC1. The van der Waals surface area contributed by atoms with Gasteiger partial charge in [0.15, 0.2) is 0 Å². The third kappa shape index (κ3) is 2.35. The third-order valence-electron chi connectivity index (χ3n) is 4.23. The molecular formula is C15H18N2O3. The van der Waals surface area contributed by atoms with Gasteiger partial charge >= 0.3 is 12.0 Å². The molecule has 0 saturated heterocycles. The molecule has 1 atom stereocenters. The summed E-state index contributed by atoms with van der Waals surface area (Å²) in [5, 5.41) is 12.3. The maximum atomic E-state index is 12.3. The highest BCUT2D eigenvalue weighted by Gasteiger charge is 2.35. The van der Waals surface area contributed by atoms with Crippen molar-refractivity contribution >= 4 is 12.0 Å². The minimum absolute atomic E-state index is 0.217. The van der Waals surface area contributed by atoms with Crippen LogP contribution in [0.25, 0.3) is 0 Å². The Morgan fingerprint density at radius 2 is 1.90 bits per heavy atom. The van der Waals surface area contributed by atoms with Crippen molar-refractivity contribution in [1.82, 2.24) is 10.2 Å². The van der Waals surface area contributed by atoms with Crippen molar-refractivity contribution in [3.63, 3.8) is 0 Å². The minimum atomic E-state index is -0.941. The number of nitrogens with one attached hydrogen (secondary N) is 1. The first-order chi connectivity index (χ1) is 9.65. The molecule has 0 spiro atoms. The topological polar surface area (TPSA) is 69.6 Å². The van der Waals surface area contributed by atoms with Gasteiger partial charge in [0, 0.05) is 19.0 Å². The predicted octanol–water partition coefficient (Wildman–Crippen LogP) is 1.76. The van der Waals surface area contributed by atoms with E-state index in [1.807, 2.05) is 24.3 Å². The number of aliphatic carboxylic acids is 1. The number of urea groups is 1. The average Bonchev–Trinajstić information content (AvgIpc) is 2.41. The molecule has 5 nitrogen and oxygen atoms in total. The maximum Gasteiger partial charge on any atom is 0.326 e. The lowest BCUT2D eigenvalue weighted by Gasteiger charge is -2.37. The smallest absolute Gasteiger partial charge is 0.326 e. The zero-order chi connectivity index (χ0) is 14.1. The van der Waals surface area contributed by atoms with Gasteiger partial charge in [0.2, 0.25) is 0 Å². The summed E-state index contributed by atoms with van der Waals surface area (Å²) in [7, 11) is 0. The van der Waals surface area contributed by atoms with Crippen LogP contribution in [0.5, 0.6) is 0 Å². The molecule has 0 aromatic heterocycles. The minimum Gasteiger partial charge on any atom is -0.480 e. The van der Waals surface area contributed by atoms with Crippen LogP contribution in [0.1, 0.15) is 30.4 Å². The van der Waals surface area contributed by atoms with Gasteiger partial charge in [-0.25, -0.2) is 9.59 Å². The molecule has 0 bridgehead atoms. The molecule has 1 fully saturated rings. The number of carboxylic acids is 1. The van der Waals surface area contributed by atoms with Crippen molar-refractivity contribution in [3.05, 3.63) is 35.4 Å². The van der Waals surface area contributed by atoms with Crippen molar-refractivity contribution < 1.29 is 14.7 Å². The fraction of sp³-hybridized carbons (Fsp3) is 0.467. The highest BCUT2D eigenvalue weighted by atomic mass is 16.4. The van der Waals surface area contributed by atoms with E-state index < -0.39 is 12.0 Å². The molecule has 20 heavy (non-hydrogen) atoms. The number of benzene rings is 1. The van der Waals surface area contributed by atoms with Crippen LogP contribution >= 0.6 is 0 Å². The van der Waals surface area contributed by atoms with E-state index in [9.17, 15) is 14.7 Å². The zero-order valence-corrected chi connectivity index (χ0v) is 11.2. The number of nitrogens with zero attached hydrogens (tertiary/aromatic N) is 1. The lowest BCUT2D eigenvalue weighted by atomic mass is 9.92. The van der Waals surface area contributed by atoms with Crippen LogP contribution in [0.2, 0.25) is 0 Å². The summed E-state index contributed by atoms with van der Waals surface area (Å²) >= 11 is 0. The van der Waals surface area contributed by atoms with Gasteiger partial charge in [-0.2, -0.15) is 0 Å². The van der Waals surface area contributed by atoms with Crippen LogP contribution < -0.4 is 5.32 Å². The molecule has 0 unspecified atom stereocenters. The summed E-state index contributed by atoms with van der Waals surface area (Å²) in [6.07, 6.45) is 3.50. The van der Waals surface area contributed by atoms with Crippen molar-refractivity contribution in [2.75, 3.05) is 0 Å². The molecule has 1 aromatic carbocycles. The highest BCUT2D eigenvalue weighted by Crippen LogP contribution is 2.25. The number of carboxylic acid groups (broad SMARTS) is 1. The molecule has 2 N–H and O–H groups in total. The Labute approximate surface area is 117 Å². The van der Waals surface area contributed by atoms with Crippen molar-refractivity contribution in [3.8, 4) is 0 Å². The molecule has 2 aliphatic rings. The van der Waals surface area contributed by atoms with Gasteiger partial charge in [0.1, 0.15) is 6.04 Å². The Balaban J connectivity index is 1.80. The van der Waals surface area contributed by atoms with E-state index in [0.717, 1.165) is 30.4 Å². The molecule has 1 aliphatic carbocycles. The normalized spacial score (nSPS) is 21.8. The van der Waals surface area contributed by atoms with Gasteiger partial charge in [0.05, 0.1) is 0 Å². The second-order valence-electron chi connectivity index (χ2n) is 5.53. The van der Waals surface area contributed by atoms with E-state index in [4.69, 9.17) is 0 Å². The number of hydrogen-bond donors (Lipinski definition) is 2. The second-order valence-corrected chi connectivity index (χ2v) is 5.53. The van der Waals surface area contributed by atoms with Crippen LogP contribution in [-0.2, 0) is 17.8 Å².